The van der Waals surface area contributed by atoms with E-state index >= 15 is 0 Å². The van der Waals surface area contributed by atoms with Crippen molar-refractivity contribution in [2.75, 3.05) is 11.9 Å². The summed E-state index contributed by atoms with van der Waals surface area (Å²) in [7, 11) is 0. The summed E-state index contributed by atoms with van der Waals surface area (Å²) in [6, 6.07) is 8.10. The molecule has 0 saturated heterocycles. The average Bonchev–Trinajstić information content (AvgIpc) is 3.36. The summed E-state index contributed by atoms with van der Waals surface area (Å²) in [5.74, 6) is 2.36. The zero-order valence-corrected chi connectivity index (χ0v) is 18.2. The summed E-state index contributed by atoms with van der Waals surface area (Å²) in [6.07, 6.45) is 9.82. The molecule has 2 aliphatic carbocycles. The van der Waals surface area contributed by atoms with Crippen molar-refractivity contribution < 1.29 is 0 Å². The number of imidazole rings is 1. The van der Waals surface area contributed by atoms with Gasteiger partial charge in [-0.1, -0.05) is 24.6 Å². The van der Waals surface area contributed by atoms with Crippen LogP contribution in [0.15, 0.2) is 30.5 Å². The fraction of sp³-hybridized carbons (Fsp3) is 0.522. The highest BCUT2D eigenvalue weighted by molar-refractivity contribution is 6.30. The second kappa shape index (κ2) is 7.82. The van der Waals surface area contributed by atoms with Crippen molar-refractivity contribution in [2.24, 2.45) is 17.1 Å². The highest BCUT2D eigenvalue weighted by Gasteiger charge is 2.38. The van der Waals surface area contributed by atoms with E-state index in [1.807, 2.05) is 30.5 Å². The van der Waals surface area contributed by atoms with E-state index in [9.17, 15) is 0 Å². The van der Waals surface area contributed by atoms with Gasteiger partial charge in [0.25, 0.3) is 0 Å². The minimum Gasteiger partial charge on any atom is -0.330 e. The van der Waals surface area contributed by atoms with E-state index in [0.29, 0.717) is 22.4 Å². The maximum atomic E-state index is 6.20. The van der Waals surface area contributed by atoms with Gasteiger partial charge in [0.1, 0.15) is 11.3 Å². The van der Waals surface area contributed by atoms with Crippen molar-refractivity contribution in [1.82, 2.24) is 19.5 Å². The lowest BCUT2D eigenvalue weighted by molar-refractivity contribution is 0.284. The van der Waals surface area contributed by atoms with Crippen LogP contribution in [-0.4, -0.2) is 26.1 Å². The van der Waals surface area contributed by atoms with E-state index in [4.69, 9.17) is 27.3 Å². The Morgan fingerprint density at radius 2 is 2.00 bits per heavy atom. The number of halogens is 1. The molecule has 158 valence electrons. The number of fused-ring (bicyclic) bond motifs is 1. The van der Waals surface area contributed by atoms with Crippen LogP contribution in [0.3, 0.4) is 0 Å². The fourth-order valence-electron chi connectivity index (χ4n) is 4.55. The molecule has 2 heterocycles. The first kappa shape index (κ1) is 19.8. The SMILES string of the molecule is CC1(Cc2ncc3nc(Nc4cccc(Cl)c4)n(C4CCC(CN)CC4)c3n2)CC1. The van der Waals surface area contributed by atoms with Gasteiger partial charge in [0.2, 0.25) is 5.95 Å². The first-order valence-corrected chi connectivity index (χ1v) is 11.4. The molecule has 3 N–H and O–H groups in total. The Morgan fingerprint density at radius 3 is 2.70 bits per heavy atom. The van der Waals surface area contributed by atoms with E-state index in [0.717, 1.165) is 67.3 Å². The van der Waals surface area contributed by atoms with Gasteiger partial charge in [-0.05, 0) is 74.6 Å². The van der Waals surface area contributed by atoms with Gasteiger partial charge in [0.05, 0.1) is 6.20 Å². The van der Waals surface area contributed by atoms with E-state index in [2.05, 4.69) is 21.8 Å². The molecule has 0 aliphatic heterocycles. The maximum absolute atomic E-state index is 6.20. The first-order chi connectivity index (χ1) is 14.5. The van der Waals surface area contributed by atoms with Crippen molar-refractivity contribution in [3.05, 3.63) is 41.3 Å². The number of aromatic nitrogens is 4. The predicted molar refractivity (Wildman–Crippen MR) is 121 cm³/mol. The van der Waals surface area contributed by atoms with Crippen molar-refractivity contribution in [1.29, 1.82) is 0 Å². The molecule has 5 rings (SSSR count). The van der Waals surface area contributed by atoms with Crippen LogP contribution in [0.4, 0.5) is 11.6 Å². The van der Waals surface area contributed by atoms with Gasteiger partial charge in [-0.2, -0.15) is 0 Å². The summed E-state index contributed by atoms with van der Waals surface area (Å²) in [5, 5.41) is 4.18. The van der Waals surface area contributed by atoms with Gasteiger partial charge in [-0.25, -0.2) is 15.0 Å². The van der Waals surface area contributed by atoms with Crippen LogP contribution in [0.5, 0.6) is 0 Å². The lowest BCUT2D eigenvalue weighted by Gasteiger charge is -2.29. The Kier molecular flexibility index (Phi) is 5.15. The lowest BCUT2D eigenvalue weighted by atomic mass is 9.86. The molecule has 2 aromatic heterocycles. The number of hydrogen-bond acceptors (Lipinski definition) is 5. The van der Waals surface area contributed by atoms with E-state index in [-0.39, 0.29) is 0 Å². The Hall–Kier alpha value is -2.18. The molecule has 0 radical (unpaired) electrons. The molecule has 1 aromatic carbocycles. The molecular formula is C23H29ClN6. The summed E-state index contributed by atoms with van der Waals surface area (Å²) in [4.78, 5) is 14.5. The van der Waals surface area contributed by atoms with E-state index in [1.165, 1.54) is 12.8 Å². The van der Waals surface area contributed by atoms with Crippen LogP contribution in [0, 0.1) is 11.3 Å². The molecule has 0 unspecified atom stereocenters. The van der Waals surface area contributed by atoms with Crippen LogP contribution in [0.1, 0.15) is 57.3 Å². The number of anilines is 2. The van der Waals surface area contributed by atoms with Gasteiger partial charge >= 0.3 is 0 Å². The second-order valence-electron chi connectivity index (χ2n) is 9.33. The van der Waals surface area contributed by atoms with Gasteiger partial charge in [0.15, 0.2) is 5.65 Å². The number of nitrogens with zero attached hydrogens (tertiary/aromatic N) is 4. The van der Waals surface area contributed by atoms with Gasteiger partial charge in [-0.15, -0.1) is 0 Å². The Labute approximate surface area is 182 Å². The van der Waals surface area contributed by atoms with Gasteiger partial charge in [-0.3, -0.25) is 4.57 Å². The minimum absolute atomic E-state index is 0.360. The first-order valence-electron chi connectivity index (χ1n) is 11.0. The number of nitrogens with one attached hydrogen (secondary N) is 1. The quantitative estimate of drug-likeness (QED) is 0.564. The molecular weight excluding hydrogens is 396 g/mol. The molecule has 30 heavy (non-hydrogen) atoms. The molecule has 0 atom stereocenters. The van der Waals surface area contributed by atoms with Crippen LogP contribution >= 0.6 is 11.6 Å². The normalized spacial score (nSPS) is 22.9. The molecule has 3 aromatic rings. The third kappa shape index (κ3) is 4.03. The molecule has 0 amide bonds. The molecule has 0 spiro atoms. The van der Waals surface area contributed by atoms with Crippen LogP contribution in [-0.2, 0) is 6.42 Å². The summed E-state index contributed by atoms with van der Waals surface area (Å²) in [6.45, 7) is 3.09. The maximum Gasteiger partial charge on any atom is 0.209 e. The summed E-state index contributed by atoms with van der Waals surface area (Å²) >= 11 is 6.20. The van der Waals surface area contributed by atoms with Crippen molar-refractivity contribution >= 4 is 34.4 Å². The number of nitrogens with two attached hydrogens (primary N) is 1. The minimum atomic E-state index is 0.360. The third-order valence-electron chi connectivity index (χ3n) is 6.77. The predicted octanol–water partition coefficient (Wildman–Crippen LogP) is 5.26. The number of rotatable bonds is 6. The van der Waals surface area contributed by atoms with Crippen LogP contribution in [0.25, 0.3) is 11.2 Å². The van der Waals surface area contributed by atoms with E-state index < -0.39 is 0 Å². The van der Waals surface area contributed by atoms with Gasteiger partial charge in [0, 0.05) is 23.2 Å². The number of hydrogen-bond donors (Lipinski definition) is 2. The number of benzene rings is 1. The van der Waals surface area contributed by atoms with Gasteiger partial charge < -0.3 is 11.1 Å². The van der Waals surface area contributed by atoms with E-state index in [1.54, 1.807) is 0 Å². The Morgan fingerprint density at radius 1 is 1.20 bits per heavy atom. The monoisotopic (exact) mass is 424 g/mol. The largest absolute Gasteiger partial charge is 0.330 e. The Bertz CT molecular complexity index is 1050. The molecule has 2 aliphatic rings. The lowest BCUT2D eigenvalue weighted by Crippen LogP contribution is -2.24. The zero-order valence-electron chi connectivity index (χ0n) is 17.4. The topological polar surface area (TPSA) is 81.7 Å². The zero-order chi connectivity index (χ0) is 20.7. The molecule has 6 nitrogen and oxygen atoms in total. The van der Waals surface area contributed by atoms with Crippen LogP contribution < -0.4 is 11.1 Å². The molecule has 0 bridgehead atoms. The summed E-state index contributed by atoms with van der Waals surface area (Å²) in [5.41, 5.74) is 9.00. The van der Waals surface area contributed by atoms with Crippen molar-refractivity contribution in [2.45, 2.75) is 57.9 Å². The van der Waals surface area contributed by atoms with Crippen LogP contribution in [0.2, 0.25) is 5.02 Å². The Balaban J connectivity index is 1.53. The van der Waals surface area contributed by atoms with Crippen molar-refractivity contribution in [3.63, 3.8) is 0 Å². The average molecular weight is 425 g/mol. The van der Waals surface area contributed by atoms with Crippen molar-refractivity contribution in [3.8, 4) is 0 Å². The molecule has 7 heteroatoms. The third-order valence-corrected chi connectivity index (χ3v) is 7.00. The highest BCUT2D eigenvalue weighted by Crippen LogP contribution is 2.47. The molecule has 2 fully saturated rings. The second-order valence-corrected chi connectivity index (χ2v) is 9.77. The standard InChI is InChI=1S/C23H29ClN6/c1-23(9-10-23)12-20-26-14-19-21(29-20)30(18-7-5-15(13-25)6-8-18)22(28-19)27-17-4-2-3-16(24)11-17/h2-4,11,14-15,18H,5-10,12-13,25H2,1H3,(H,27,28). The highest BCUT2D eigenvalue weighted by atomic mass is 35.5. The summed E-state index contributed by atoms with van der Waals surface area (Å²) < 4.78 is 2.30. The smallest absolute Gasteiger partial charge is 0.209 e. The fourth-order valence-corrected chi connectivity index (χ4v) is 4.74. The molecule has 2 saturated carbocycles.